The Kier molecular flexibility index (Phi) is 5.15. The van der Waals surface area contributed by atoms with Crippen molar-refractivity contribution in [2.24, 2.45) is 0 Å². The Bertz CT molecular complexity index is 568. The van der Waals surface area contributed by atoms with E-state index in [4.69, 9.17) is 4.74 Å². The van der Waals surface area contributed by atoms with Gasteiger partial charge in [-0.05, 0) is 36.4 Å². The van der Waals surface area contributed by atoms with Crippen molar-refractivity contribution in [1.82, 2.24) is 5.32 Å². The summed E-state index contributed by atoms with van der Waals surface area (Å²) < 4.78 is 19.8. The molecule has 0 spiro atoms. The quantitative estimate of drug-likeness (QED) is 0.878. The highest BCUT2D eigenvalue weighted by Crippen LogP contribution is 2.31. The summed E-state index contributed by atoms with van der Waals surface area (Å²) in [7, 11) is 1.64. The number of halogens is 2. The Balaban J connectivity index is 2.50. The first-order valence-corrected chi connectivity index (χ1v) is 7.27. The van der Waals surface area contributed by atoms with E-state index in [0.717, 1.165) is 27.9 Å². The first-order valence-electron chi connectivity index (χ1n) is 6.48. The molecular weight excluding hydrogens is 321 g/mol. The highest BCUT2D eigenvalue weighted by Gasteiger charge is 2.18. The predicted molar refractivity (Wildman–Crippen MR) is 82.6 cm³/mol. The van der Waals surface area contributed by atoms with Crippen LogP contribution in [-0.2, 0) is 0 Å². The van der Waals surface area contributed by atoms with Crippen LogP contribution in [0.1, 0.15) is 24.1 Å². The smallest absolute Gasteiger partial charge is 0.124 e. The van der Waals surface area contributed by atoms with Crippen LogP contribution in [0.4, 0.5) is 4.39 Å². The summed E-state index contributed by atoms with van der Waals surface area (Å²) in [6.07, 6.45) is 0. The molecule has 1 atom stereocenters. The second-order valence-corrected chi connectivity index (χ2v) is 5.35. The summed E-state index contributed by atoms with van der Waals surface area (Å²) in [6, 6.07) is 12.6. The Labute approximate surface area is 127 Å². The van der Waals surface area contributed by atoms with Crippen LogP contribution in [0.5, 0.6) is 5.75 Å². The molecule has 4 heteroatoms. The average molecular weight is 338 g/mol. The Morgan fingerprint density at radius 3 is 2.65 bits per heavy atom. The topological polar surface area (TPSA) is 21.3 Å². The number of rotatable bonds is 5. The highest BCUT2D eigenvalue weighted by atomic mass is 79.9. The van der Waals surface area contributed by atoms with Gasteiger partial charge < -0.3 is 10.1 Å². The lowest BCUT2D eigenvalue weighted by molar-refractivity contribution is 0.404. The molecule has 0 amide bonds. The van der Waals surface area contributed by atoms with Crippen LogP contribution < -0.4 is 10.1 Å². The summed E-state index contributed by atoms with van der Waals surface area (Å²) in [5, 5.41) is 3.38. The van der Waals surface area contributed by atoms with Gasteiger partial charge in [-0.1, -0.05) is 41.1 Å². The van der Waals surface area contributed by atoms with E-state index < -0.39 is 0 Å². The molecule has 2 rings (SSSR count). The maximum atomic E-state index is 13.6. The largest absolute Gasteiger partial charge is 0.496 e. The fourth-order valence-corrected chi connectivity index (χ4v) is 2.74. The van der Waals surface area contributed by atoms with Gasteiger partial charge >= 0.3 is 0 Å². The molecule has 0 aliphatic rings. The maximum Gasteiger partial charge on any atom is 0.124 e. The van der Waals surface area contributed by atoms with Crippen molar-refractivity contribution in [2.45, 2.75) is 13.0 Å². The van der Waals surface area contributed by atoms with Gasteiger partial charge in [-0.25, -0.2) is 4.39 Å². The average Bonchev–Trinajstić information content (AvgIpc) is 2.43. The molecule has 1 N–H and O–H groups in total. The Hall–Kier alpha value is -1.39. The van der Waals surface area contributed by atoms with E-state index in [1.807, 2.05) is 37.3 Å². The molecule has 0 aliphatic heterocycles. The van der Waals surface area contributed by atoms with Gasteiger partial charge in [0.05, 0.1) is 13.2 Å². The molecule has 0 saturated carbocycles. The van der Waals surface area contributed by atoms with E-state index in [-0.39, 0.29) is 11.9 Å². The lowest BCUT2D eigenvalue weighted by Crippen LogP contribution is -2.22. The summed E-state index contributed by atoms with van der Waals surface area (Å²) in [5.41, 5.74) is 1.86. The SMILES string of the molecule is CCNC(c1cc(F)cc(Br)c1)c1ccccc1OC. The molecule has 0 aromatic heterocycles. The van der Waals surface area contributed by atoms with Crippen molar-refractivity contribution in [1.29, 1.82) is 0 Å². The van der Waals surface area contributed by atoms with Gasteiger partial charge in [0.15, 0.2) is 0 Å². The van der Waals surface area contributed by atoms with E-state index in [1.165, 1.54) is 6.07 Å². The molecule has 2 nitrogen and oxygen atoms in total. The highest BCUT2D eigenvalue weighted by molar-refractivity contribution is 9.10. The van der Waals surface area contributed by atoms with Crippen molar-refractivity contribution in [2.75, 3.05) is 13.7 Å². The molecule has 0 heterocycles. The molecule has 1 unspecified atom stereocenters. The van der Waals surface area contributed by atoms with Crippen molar-refractivity contribution >= 4 is 15.9 Å². The summed E-state index contributed by atoms with van der Waals surface area (Å²) in [4.78, 5) is 0. The first-order chi connectivity index (χ1) is 9.65. The molecule has 106 valence electrons. The number of hydrogen-bond donors (Lipinski definition) is 1. The van der Waals surface area contributed by atoms with Gasteiger partial charge in [-0.15, -0.1) is 0 Å². The number of benzene rings is 2. The van der Waals surface area contributed by atoms with Crippen LogP contribution in [0, 0.1) is 5.82 Å². The minimum absolute atomic E-state index is 0.108. The Morgan fingerprint density at radius 1 is 1.25 bits per heavy atom. The van der Waals surface area contributed by atoms with Crippen LogP contribution in [0.3, 0.4) is 0 Å². The van der Waals surface area contributed by atoms with Crippen LogP contribution in [0.15, 0.2) is 46.9 Å². The normalized spacial score (nSPS) is 12.2. The number of methoxy groups -OCH3 is 1. The standard InChI is InChI=1S/C16H17BrFNO/c1-3-19-16(11-8-12(17)10-13(18)9-11)14-6-4-5-7-15(14)20-2/h4-10,16,19H,3H2,1-2H3. The third-order valence-electron chi connectivity index (χ3n) is 3.08. The van der Waals surface area contributed by atoms with Gasteiger partial charge in [0.2, 0.25) is 0 Å². The fraction of sp³-hybridized carbons (Fsp3) is 0.250. The number of ether oxygens (including phenoxy) is 1. The van der Waals surface area contributed by atoms with E-state index in [2.05, 4.69) is 21.2 Å². The van der Waals surface area contributed by atoms with Crippen molar-refractivity contribution in [3.05, 3.63) is 63.9 Å². The molecule has 0 radical (unpaired) electrons. The third-order valence-corrected chi connectivity index (χ3v) is 3.53. The van der Waals surface area contributed by atoms with Crippen molar-refractivity contribution < 1.29 is 9.13 Å². The van der Waals surface area contributed by atoms with Gasteiger partial charge in [0.25, 0.3) is 0 Å². The molecule has 2 aromatic rings. The zero-order chi connectivity index (χ0) is 14.5. The van der Waals surface area contributed by atoms with Gasteiger partial charge in [0.1, 0.15) is 11.6 Å². The number of para-hydroxylation sites is 1. The van der Waals surface area contributed by atoms with E-state index >= 15 is 0 Å². The Morgan fingerprint density at radius 2 is 2.00 bits per heavy atom. The lowest BCUT2D eigenvalue weighted by Gasteiger charge is -2.21. The second kappa shape index (κ2) is 6.86. The van der Waals surface area contributed by atoms with Crippen molar-refractivity contribution in [3.8, 4) is 5.75 Å². The van der Waals surface area contributed by atoms with E-state index in [0.29, 0.717) is 0 Å². The van der Waals surface area contributed by atoms with E-state index in [9.17, 15) is 4.39 Å². The van der Waals surface area contributed by atoms with Gasteiger partial charge in [0, 0.05) is 10.0 Å². The first kappa shape index (κ1) is 15.0. The summed E-state index contributed by atoms with van der Waals surface area (Å²) >= 11 is 3.34. The zero-order valence-corrected chi connectivity index (χ0v) is 13.1. The number of nitrogens with one attached hydrogen (secondary N) is 1. The molecule has 0 fully saturated rings. The minimum Gasteiger partial charge on any atom is -0.496 e. The van der Waals surface area contributed by atoms with Crippen LogP contribution >= 0.6 is 15.9 Å². The van der Waals surface area contributed by atoms with Crippen LogP contribution in [-0.4, -0.2) is 13.7 Å². The van der Waals surface area contributed by atoms with Gasteiger partial charge in [-0.2, -0.15) is 0 Å². The monoisotopic (exact) mass is 337 g/mol. The summed E-state index contributed by atoms with van der Waals surface area (Å²) in [6.45, 7) is 2.80. The molecule has 0 saturated heterocycles. The maximum absolute atomic E-state index is 13.6. The van der Waals surface area contributed by atoms with Crippen LogP contribution in [0.25, 0.3) is 0 Å². The van der Waals surface area contributed by atoms with Gasteiger partial charge in [-0.3, -0.25) is 0 Å². The molecule has 20 heavy (non-hydrogen) atoms. The van der Waals surface area contributed by atoms with Crippen molar-refractivity contribution in [3.63, 3.8) is 0 Å². The van der Waals surface area contributed by atoms with E-state index in [1.54, 1.807) is 13.2 Å². The molecule has 0 bridgehead atoms. The zero-order valence-electron chi connectivity index (χ0n) is 11.5. The summed E-state index contributed by atoms with van der Waals surface area (Å²) in [5.74, 6) is 0.533. The third kappa shape index (κ3) is 3.38. The molecule has 0 aliphatic carbocycles. The number of hydrogen-bond acceptors (Lipinski definition) is 2. The molecule has 2 aromatic carbocycles. The minimum atomic E-state index is -0.257. The van der Waals surface area contributed by atoms with Crippen LogP contribution in [0.2, 0.25) is 0 Å². The molecular formula is C16H17BrFNO. The fourth-order valence-electron chi connectivity index (χ4n) is 2.26. The lowest BCUT2D eigenvalue weighted by atomic mass is 9.97. The second-order valence-electron chi connectivity index (χ2n) is 4.44. The predicted octanol–water partition coefficient (Wildman–Crippen LogP) is 4.30.